The zero-order valence-electron chi connectivity index (χ0n) is 14.0. The van der Waals surface area contributed by atoms with Crippen molar-refractivity contribution in [2.45, 2.75) is 40.0 Å². The van der Waals surface area contributed by atoms with Crippen LogP contribution in [0.1, 0.15) is 43.9 Å². The van der Waals surface area contributed by atoms with E-state index in [1.54, 1.807) is 13.8 Å². The number of hydrogen-bond acceptors (Lipinski definition) is 2. The quantitative estimate of drug-likeness (QED) is 0.834. The van der Waals surface area contributed by atoms with Crippen molar-refractivity contribution >= 4 is 17.1 Å². The number of carbonyl (C=O) groups excluding carboxylic acids is 2. The Morgan fingerprint density at radius 3 is 2.52 bits per heavy atom. The second kappa shape index (κ2) is 5.77. The van der Waals surface area contributed by atoms with Crippen LogP contribution in [0.15, 0.2) is 48.1 Å². The number of benzene rings is 1. The minimum atomic E-state index is -0.485. The van der Waals surface area contributed by atoms with Gasteiger partial charge in [-0.05, 0) is 54.5 Å². The lowest BCUT2D eigenvalue weighted by Gasteiger charge is -2.21. The van der Waals surface area contributed by atoms with Crippen molar-refractivity contribution in [1.82, 2.24) is 0 Å². The Bertz CT molecular complexity index is 777. The SMILES string of the molecule is CCC1(C(C)=O)C=CC2=C(C=C1)c1cc(CC(C)=O)ccc1C2. The van der Waals surface area contributed by atoms with Crippen molar-refractivity contribution in [1.29, 1.82) is 0 Å². The molecule has 1 unspecified atom stereocenters. The maximum absolute atomic E-state index is 12.1. The monoisotopic (exact) mass is 306 g/mol. The van der Waals surface area contributed by atoms with E-state index in [0.29, 0.717) is 6.42 Å². The van der Waals surface area contributed by atoms with E-state index in [1.165, 1.54) is 22.3 Å². The molecule has 2 heteroatoms. The van der Waals surface area contributed by atoms with Gasteiger partial charge in [0.25, 0.3) is 0 Å². The van der Waals surface area contributed by atoms with Gasteiger partial charge in [-0.15, -0.1) is 0 Å². The van der Waals surface area contributed by atoms with Crippen LogP contribution in [0.2, 0.25) is 0 Å². The van der Waals surface area contributed by atoms with E-state index in [4.69, 9.17) is 0 Å². The maximum Gasteiger partial charge on any atom is 0.143 e. The topological polar surface area (TPSA) is 34.1 Å². The Kier molecular flexibility index (Phi) is 3.93. The van der Waals surface area contributed by atoms with Crippen molar-refractivity contribution in [2.75, 3.05) is 0 Å². The third-order valence-electron chi connectivity index (χ3n) is 5.01. The van der Waals surface area contributed by atoms with Crippen LogP contribution in [-0.4, -0.2) is 11.6 Å². The third-order valence-corrected chi connectivity index (χ3v) is 5.01. The maximum atomic E-state index is 12.1. The van der Waals surface area contributed by atoms with Gasteiger partial charge in [-0.25, -0.2) is 0 Å². The molecule has 118 valence electrons. The van der Waals surface area contributed by atoms with Gasteiger partial charge in [0.1, 0.15) is 11.6 Å². The van der Waals surface area contributed by atoms with Gasteiger partial charge in [0, 0.05) is 6.42 Å². The van der Waals surface area contributed by atoms with Crippen molar-refractivity contribution in [3.8, 4) is 0 Å². The summed E-state index contributed by atoms with van der Waals surface area (Å²) in [5.41, 5.74) is 5.52. The Morgan fingerprint density at radius 1 is 1.13 bits per heavy atom. The van der Waals surface area contributed by atoms with Gasteiger partial charge in [-0.1, -0.05) is 49.4 Å². The van der Waals surface area contributed by atoms with Crippen LogP contribution >= 0.6 is 0 Å². The van der Waals surface area contributed by atoms with Crippen LogP contribution in [-0.2, 0) is 22.4 Å². The van der Waals surface area contributed by atoms with E-state index in [9.17, 15) is 9.59 Å². The first kappa shape index (κ1) is 15.7. The first-order valence-electron chi connectivity index (χ1n) is 8.19. The van der Waals surface area contributed by atoms with E-state index in [2.05, 4.69) is 30.4 Å². The molecule has 2 aliphatic rings. The molecule has 0 aliphatic heterocycles. The number of rotatable bonds is 4. The van der Waals surface area contributed by atoms with Gasteiger partial charge >= 0.3 is 0 Å². The second-order valence-corrected chi connectivity index (χ2v) is 6.60. The molecule has 1 atom stereocenters. The zero-order valence-corrected chi connectivity index (χ0v) is 14.0. The molecule has 0 amide bonds. The summed E-state index contributed by atoms with van der Waals surface area (Å²) in [6, 6.07) is 6.30. The molecule has 2 nitrogen and oxygen atoms in total. The highest BCUT2D eigenvalue weighted by Crippen LogP contribution is 2.40. The molecular weight excluding hydrogens is 284 g/mol. The van der Waals surface area contributed by atoms with Crippen molar-refractivity contribution in [2.24, 2.45) is 5.41 Å². The molecule has 0 spiro atoms. The number of carbonyl (C=O) groups is 2. The number of fused-ring (bicyclic) bond motifs is 2. The third kappa shape index (κ3) is 2.74. The van der Waals surface area contributed by atoms with Crippen LogP contribution in [0.4, 0.5) is 0 Å². The molecular formula is C21H22O2. The van der Waals surface area contributed by atoms with Crippen LogP contribution < -0.4 is 0 Å². The molecule has 0 heterocycles. The Balaban J connectivity index is 2.02. The molecule has 0 bridgehead atoms. The summed E-state index contributed by atoms with van der Waals surface area (Å²) in [5.74, 6) is 0.356. The van der Waals surface area contributed by atoms with Gasteiger partial charge in [-0.3, -0.25) is 9.59 Å². The molecule has 0 saturated carbocycles. The largest absolute Gasteiger partial charge is 0.300 e. The fourth-order valence-electron chi connectivity index (χ4n) is 3.50. The molecule has 0 fully saturated rings. The first-order chi connectivity index (χ1) is 10.9. The molecule has 0 radical (unpaired) electrons. The summed E-state index contributed by atoms with van der Waals surface area (Å²) in [6.45, 7) is 5.33. The fraction of sp³-hybridized carbons (Fsp3) is 0.333. The standard InChI is InChI=1S/C21H22O2/c1-4-21(15(3)23)9-7-18-13-17-6-5-16(11-14(2)22)12-20(17)19(18)8-10-21/h5-10,12H,4,11,13H2,1-3H3. The lowest BCUT2D eigenvalue weighted by atomic mass is 9.80. The van der Waals surface area contributed by atoms with Crippen LogP contribution in [0.3, 0.4) is 0 Å². The van der Waals surface area contributed by atoms with E-state index in [1.807, 2.05) is 19.1 Å². The number of hydrogen-bond donors (Lipinski definition) is 0. The molecule has 0 aromatic heterocycles. The summed E-state index contributed by atoms with van der Waals surface area (Å²) >= 11 is 0. The highest BCUT2D eigenvalue weighted by Gasteiger charge is 2.30. The highest BCUT2D eigenvalue weighted by molar-refractivity contribution is 5.91. The summed E-state index contributed by atoms with van der Waals surface area (Å²) < 4.78 is 0. The van der Waals surface area contributed by atoms with Crippen molar-refractivity contribution in [3.05, 3.63) is 64.8 Å². The minimum absolute atomic E-state index is 0.176. The van der Waals surface area contributed by atoms with E-state index < -0.39 is 5.41 Å². The van der Waals surface area contributed by atoms with E-state index in [0.717, 1.165) is 18.4 Å². The summed E-state index contributed by atoms with van der Waals surface area (Å²) in [5, 5.41) is 0. The second-order valence-electron chi connectivity index (χ2n) is 6.60. The molecule has 3 rings (SSSR count). The molecule has 23 heavy (non-hydrogen) atoms. The first-order valence-corrected chi connectivity index (χ1v) is 8.19. The predicted octanol–water partition coefficient (Wildman–Crippen LogP) is 4.24. The molecule has 1 aromatic carbocycles. The normalized spacial score (nSPS) is 21.9. The number of ketones is 2. The summed E-state index contributed by atoms with van der Waals surface area (Å²) in [7, 11) is 0. The van der Waals surface area contributed by atoms with Gasteiger partial charge in [-0.2, -0.15) is 0 Å². The smallest absolute Gasteiger partial charge is 0.143 e. The average molecular weight is 306 g/mol. The molecule has 0 N–H and O–H groups in total. The Labute approximate surface area is 137 Å². The van der Waals surface area contributed by atoms with Crippen LogP contribution in [0.25, 0.3) is 5.57 Å². The van der Waals surface area contributed by atoms with Crippen molar-refractivity contribution < 1.29 is 9.59 Å². The van der Waals surface area contributed by atoms with Gasteiger partial charge in [0.2, 0.25) is 0 Å². The minimum Gasteiger partial charge on any atom is -0.300 e. The van der Waals surface area contributed by atoms with Crippen LogP contribution in [0.5, 0.6) is 0 Å². The lowest BCUT2D eigenvalue weighted by molar-refractivity contribution is -0.122. The van der Waals surface area contributed by atoms with Crippen molar-refractivity contribution in [3.63, 3.8) is 0 Å². The Morgan fingerprint density at radius 2 is 1.87 bits per heavy atom. The number of allylic oxidation sites excluding steroid dienone is 6. The van der Waals surface area contributed by atoms with Gasteiger partial charge < -0.3 is 0 Å². The highest BCUT2D eigenvalue weighted by atomic mass is 16.1. The van der Waals surface area contributed by atoms with E-state index >= 15 is 0 Å². The van der Waals surface area contributed by atoms with E-state index in [-0.39, 0.29) is 11.6 Å². The molecule has 0 saturated heterocycles. The van der Waals surface area contributed by atoms with Gasteiger partial charge in [0.05, 0.1) is 5.41 Å². The van der Waals surface area contributed by atoms with Gasteiger partial charge in [0.15, 0.2) is 0 Å². The lowest BCUT2D eigenvalue weighted by Crippen LogP contribution is -2.23. The molecule has 1 aromatic rings. The molecule has 2 aliphatic carbocycles. The fourth-order valence-corrected chi connectivity index (χ4v) is 3.50. The average Bonchev–Trinajstić information content (AvgIpc) is 2.72. The summed E-state index contributed by atoms with van der Waals surface area (Å²) in [4.78, 5) is 23.5. The predicted molar refractivity (Wildman–Crippen MR) is 93.1 cm³/mol. The number of Topliss-reactive ketones (excluding diaryl/α,β-unsaturated/α-hetero) is 2. The van der Waals surface area contributed by atoms with Crippen LogP contribution in [0, 0.1) is 5.41 Å². The zero-order chi connectivity index (χ0) is 16.6. The summed E-state index contributed by atoms with van der Waals surface area (Å²) in [6.07, 6.45) is 10.4. The Hall–Kier alpha value is -2.22.